The SMILES string of the molecule is CCCCCCCCC1CCCC(CCc2cnc(-c3ccc(F)c(F)c3)nc2)C1. The average molecular weight is 415 g/mol. The molecule has 2 nitrogen and oxygen atoms in total. The van der Waals surface area contributed by atoms with Gasteiger partial charge < -0.3 is 0 Å². The Bertz CT molecular complexity index is 760. The second kappa shape index (κ2) is 12.1. The third kappa shape index (κ3) is 7.14. The van der Waals surface area contributed by atoms with E-state index in [1.165, 1.54) is 83.1 Å². The molecule has 0 radical (unpaired) electrons. The maximum atomic E-state index is 13.4. The van der Waals surface area contributed by atoms with Crippen LogP contribution in [-0.2, 0) is 6.42 Å². The molecule has 0 amide bonds. The van der Waals surface area contributed by atoms with Gasteiger partial charge in [-0.15, -0.1) is 0 Å². The Morgan fingerprint density at radius 2 is 1.57 bits per heavy atom. The van der Waals surface area contributed by atoms with Crippen molar-refractivity contribution in [2.75, 3.05) is 0 Å². The van der Waals surface area contributed by atoms with Crippen molar-refractivity contribution < 1.29 is 8.78 Å². The largest absolute Gasteiger partial charge is 0.236 e. The highest BCUT2D eigenvalue weighted by Crippen LogP contribution is 2.34. The van der Waals surface area contributed by atoms with E-state index in [4.69, 9.17) is 0 Å². The summed E-state index contributed by atoms with van der Waals surface area (Å²) in [6, 6.07) is 3.78. The van der Waals surface area contributed by atoms with Crippen molar-refractivity contribution in [2.24, 2.45) is 11.8 Å². The zero-order valence-corrected chi connectivity index (χ0v) is 18.4. The molecule has 0 N–H and O–H groups in total. The number of hydrogen-bond donors (Lipinski definition) is 0. The summed E-state index contributed by atoms with van der Waals surface area (Å²) in [6.07, 6.45) is 21.1. The van der Waals surface area contributed by atoms with Gasteiger partial charge in [0.25, 0.3) is 0 Å². The van der Waals surface area contributed by atoms with E-state index in [-0.39, 0.29) is 0 Å². The minimum Gasteiger partial charge on any atom is -0.236 e. The molecule has 164 valence electrons. The molecule has 2 atom stereocenters. The predicted molar refractivity (Wildman–Crippen MR) is 119 cm³/mol. The van der Waals surface area contributed by atoms with E-state index in [2.05, 4.69) is 16.9 Å². The molecule has 0 saturated heterocycles. The number of benzene rings is 1. The van der Waals surface area contributed by atoms with Crippen LogP contribution in [0.3, 0.4) is 0 Å². The molecule has 0 spiro atoms. The van der Waals surface area contributed by atoms with E-state index in [1.807, 2.05) is 12.4 Å². The third-order valence-corrected chi connectivity index (χ3v) is 6.58. The molecule has 1 aliphatic rings. The Kier molecular flexibility index (Phi) is 9.23. The molecule has 1 aromatic carbocycles. The Morgan fingerprint density at radius 3 is 2.30 bits per heavy atom. The van der Waals surface area contributed by atoms with Crippen LogP contribution in [0, 0.1) is 23.5 Å². The molecule has 1 aliphatic carbocycles. The van der Waals surface area contributed by atoms with Crippen molar-refractivity contribution in [1.29, 1.82) is 0 Å². The average Bonchev–Trinajstić information content (AvgIpc) is 2.77. The molecule has 4 heteroatoms. The van der Waals surface area contributed by atoms with Crippen molar-refractivity contribution in [3.63, 3.8) is 0 Å². The van der Waals surface area contributed by atoms with Gasteiger partial charge in [0.2, 0.25) is 0 Å². The highest BCUT2D eigenvalue weighted by atomic mass is 19.2. The van der Waals surface area contributed by atoms with Crippen LogP contribution in [0.2, 0.25) is 0 Å². The molecule has 0 aliphatic heterocycles. The Balaban J connectivity index is 1.41. The fraction of sp³-hybridized carbons (Fsp3) is 0.615. The van der Waals surface area contributed by atoms with Crippen molar-refractivity contribution in [1.82, 2.24) is 9.97 Å². The minimum atomic E-state index is -0.868. The zero-order chi connectivity index (χ0) is 21.2. The highest BCUT2D eigenvalue weighted by molar-refractivity contribution is 5.54. The van der Waals surface area contributed by atoms with Gasteiger partial charge in [-0.2, -0.15) is 0 Å². The van der Waals surface area contributed by atoms with Crippen LogP contribution in [0.1, 0.15) is 89.5 Å². The fourth-order valence-corrected chi connectivity index (χ4v) is 4.78. The minimum absolute atomic E-state index is 0.439. The second-order valence-electron chi connectivity index (χ2n) is 9.04. The number of rotatable bonds is 11. The molecule has 0 bridgehead atoms. The van der Waals surface area contributed by atoms with Gasteiger partial charge in [0.05, 0.1) is 0 Å². The van der Waals surface area contributed by atoms with Crippen LogP contribution in [0.25, 0.3) is 11.4 Å². The molecular weight excluding hydrogens is 378 g/mol. The van der Waals surface area contributed by atoms with E-state index in [0.29, 0.717) is 11.4 Å². The van der Waals surface area contributed by atoms with E-state index in [1.54, 1.807) is 0 Å². The summed E-state index contributed by atoms with van der Waals surface area (Å²) >= 11 is 0. The van der Waals surface area contributed by atoms with E-state index in [9.17, 15) is 8.78 Å². The van der Waals surface area contributed by atoms with Crippen LogP contribution >= 0.6 is 0 Å². The molecule has 1 aromatic heterocycles. The van der Waals surface area contributed by atoms with Crippen LogP contribution in [-0.4, -0.2) is 9.97 Å². The number of nitrogens with zero attached hydrogens (tertiary/aromatic N) is 2. The summed E-state index contributed by atoms with van der Waals surface area (Å²) in [4.78, 5) is 8.74. The number of hydrogen-bond acceptors (Lipinski definition) is 2. The molecule has 2 aromatic rings. The van der Waals surface area contributed by atoms with Gasteiger partial charge in [0.1, 0.15) is 0 Å². The van der Waals surface area contributed by atoms with Crippen molar-refractivity contribution >= 4 is 0 Å². The molecule has 1 saturated carbocycles. The maximum Gasteiger partial charge on any atom is 0.159 e. The van der Waals surface area contributed by atoms with Crippen molar-refractivity contribution in [3.05, 3.63) is 47.8 Å². The number of aromatic nitrogens is 2. The first-order valence-corrected chi connectivity index (χ1v) is 11.9. The van der Waals surface area contributed by atoms with Crippen molar-refractivity contribution in [2.45, 2.75) is 90.4 Å². The lowest BCUT2D eigenvalue weighted by atomic mass is 9.77. The van der Waals surface area contributed by atoms with E-state index < -0.39 is 11.6 Å². The topological polar surface area (TPSA) is 25.8 Å². The van der Waals surface area contributed by atoms with Crippen LogP contribution < -0.4 is 0 Å². The quantitative estimate of drug-likeness (QED) is 0.349. The van der Waals surface area contributed by atoms with Crippen molar-refractivity contribution in [3.8, 4) is 11.4 Å². The third-order valence-electron chi connectivity index (χ3n) is 6.58. The van der Waals surface area contributed by atoms with Gasteiger partial charge in [-0.25, -0.2) is 18.7 Å². The number of aryl methyl sites for hydroxylation is 1. The van der Waals surface area contributed by atoms with Gasteiger partial charge in [-0.1, -0.05) is 71.1 Å². The van der Waals surface area contributed by atoms with Gasteiger partial charge >= 0.3 is 0 Å². The zero-order valence-electron chi connectivity index (χ0n) is 18.4. The number of halogens is 2. The van der Waals surface area contributed by atoms with Crippen LogP contribution in [0.15, 0.2) is 30.6 Å². The normalized spacial score (nSPS) is 19.2. The molecule has 2 unspecified atom stereocenters. The summed E-state index contributed by atoms with van der Waals surface area (Å²) < 4.78 is 26.5. The molecule has 1 heterocycles. The fourth-order valence-electron chi connectivity index (χ4n) is 4.78. The summed E-state index contributed by atoms with van der Waals surface area (Å²) in [5.41, 5.74) is 1.63. The Labute approximate surface area is 180 Å². The highest BCUT2D eigenvalue weighted by Gasteiger charge is 2.21. The standard InChI is InChI=1S/C26H36F2N2/c1-2-3-4-5-6-7-9-20-10-8-11-21(16-20)12-13-22-18-29-26(30-19-22)23-14-15-24(27)25(28)17-23/h14-15,17-21H,2-13,16H2,1H3. The first-order chi connectivity index (χ1) is 14.7. The lowest BCUT2D eigenvalue weighted by Gasteiger charge is -2.29. The second-order valence-corrected chi connectivity index (χ2v) is 9.04. The van der Waals surface area contributed by atoms with E-state index >= 15 is 0 Å². The smallest absolute Gasteiger partial charge is 0.159 e. The summed E-state index contributed by atoms with van der Waals surface area (Å²) in [7, 11) is 0. The maximum absolute atomic E-state index is 13.4. The lowest BCUT2D eigenvalue weighted by molar-refractivity contribution is 0.239. The van der Waals surface area contributed by atoms with Gasteiger partial charge in [0, 0.05) is 18.0 Å². The summed E-state index contributed by atoms with van der Waals surface area (Å²) in [5, 5.41) is 0. The first kappa shape index (κ1) is 22.8. The van der Waals surface area contributed by atoms with E-state index in [0.717, 1.165) is 36.0 Å². The number of unbranched alkanes of at least 4 members (excludes halogenated alkanes) is 5. The van der Waals surface area contributed by atoms with Crippen LogP contribution in [0.5, 0.6) is 0 Å². The van der Waals surface area contributed by atoms with Crippen LogP contribution in [0.4, 0.5) is 8.78 Å². The molecule has 30 heavy (non-hydrogen) atoms. The van der Waals surface area contributed by atoms with Gasteiger partial charge in [-0.3, -0.25) is 0 Å². The Morgan fingerprint density at radius 1 is 0.867 bits per heavy atom. The Hall–Kier alpha value is -1.84. The summed E-state index contributed by atoms with van der Waals surface area (Å²) in [6.45, 7) is 2.27. The van der Waals surface area contributed by atoms with Gasteiger partial charge in [0.15, 0.2) is 17.5 Å². The van der Waals surface area contributed by atoms with Gasteiger partial charge in [-0.05, 0) is 54.9 Å². The molecular formula is C26H36F2N2. The first-order valence-electron chi connectivity index (χ1n) is 11.9. The summed E-state index contributed by atoms with van der Waals surface area (Å²) in [5.74, 6) is 0.455. The lowest BCUT2D eigenvalue weighted by Crippen LogP contribution is -2.16. The predicted octanol–water partition coefficient (Wildman–Crippen LogP) is 7.91. The molecule has 3 rings (SSSR count). The monoisotopic (exact) mass is 414 g/mol. The molecule has 1 fully saturated rings.